The molecule has 1 rings (SSSR count). The second kappa shape index (κ2) is 5.60. The molecule has 0 aliphatic heterocycles. The SMILES string of the molecule is CCn1cc([N+](=O)[O-])c(=O)n(CC(C)(C)CS)c1=O. The molecule has 0 saturated carbocycles. The van der Waals surface area contributed by atoms with Gasteiger partial charge >= 0.3 is 16.9 Å². The van der Waals surface area contributed by atoms with Crippen molar-refractivity contribution in [2.45, 2.75) is 33.9 Å². The molecule has 0 saturated heterocycles. The van der Waals surface area contributed by atoms with E-state index in [-0.39, 0.29) is 13.1 Å². The molecule has 8 heteroatoms. The fourth-order valence-electron chi connectivity index (χ4n) is 1.61. The van der Waals surface area contributed by atoms with E-state index in [1.165, 1.54) is 0 Å². The Bertz CT molecular complexity index is 603. The van der Waals surface area contributed by atoms with Crippen molar-refractivity contribution in [2.75, 3.05) is 5.75 Å². The zero-order valence-electron chi connectivity index (χ0n) is 11.1. The number of thiol groups is 1. The second-order valence-electron chi connectivity index (χ2n) is 5.05. The fourth-order valence-corrected chi connectivity index (χ4v) is 1.71. The average molecular weight is 287 g/mol. The first-order valence-electron chi connectivity index (χ1n) is 5.83. The van der Waals surface area contributed by atoms with Crippen LogP contribution in [-0.2, 0) is 13.1 Å². The van der Waals surface area contributed by atoms with Crippen molar-refractivity contribution in [3.63, 3.8) is 0 Å². The number of nitro groups is 1. The van der Waals surface area contributed by atoms with Crippen LogP contribution in [0.4, 0.5) is 5.69 Å². The molecule has 0 aromatic carbocycles. The van der Waals surface area contributed by atoms with Crippen LogP contribution in [0.5, 0.6) is 0 Å². The monoisotopic (exact) mass is 287 g/mol. The number of aromatic nitrogens is 2. The van der Waals surface area contributed by atoms with E-state index in [9.17, 15) is 19.7 Å². The highest BCUT2D eigenvalue weighted by molar-refractivity contribution is 7.80. The molecule has 0 bridgehead atoms. The third-order valence-electron chi connectivity index (χ3n) is 2.77. The lowest BCUT2D eigenvalue weighted by Crippen LogP contribution is -2.43. The van der Waals surface area contributed by atoms with E-state index in [4.69, 9.17) is 0 Å². The summed E-state index contributed by atoms with van der Waals surface area (Å²) in [5, 5.41) is 10.9. The predicted molar refractivity (Wildman–Crippen MR) is 74.9 cm³/mol. The van der Waals surface area contributed by atoms with Gasteiger partial charge in [-0.15, -0.1) is 0 Å². The summed E-state index contributed by atoms with van der Waals surface area (Å²) in [6.45, 7) is 5.71. The first kappa shape index (κ1) is 15.5. The highest BCUT2D eigenvalue weighted by atomic mass is 32.1. The molecular formula is C11H17N3O4S. The molecule has 0 unspecified atom stereocenters. The molecule has 1 aromatic rings. The molecule has 106 valence electrons. The largest absolute Gasteiger partial charge is 0.350 e. The van der Waals surface area contributed by atoms with Crippen molar-refractivity contribution in [1.82, 2.24) is 9.13 Å². The van der Waals surface area contributed by atoms with E-state index in [1.54, 1.807) is 6.92 Å². The lowest BCUT2D eigenvalue weighted by atomic mass is 9.96. The Balaban J connectivity index is 3.54. The van der Waals surface area contributed by atoms with Crippen molar-refractivity contribution in [3.8, 4) is 0 Å². The average Bonchev–Trinajstić information content (AvgIpc) is 2.34. The zero-order chi connectivity index (χ0) is 14.8. The van der Waals surface area contributed by atoms with Crippen LogP contribution >= 0.6 is 12.6 Å². The van der Waals surface area contributed by atoms with Gasteiger partial charge in [0.05, 0.1) is 11.1 Å². The quantitative estimate of drug-likeness (QED) is 0.495. The highest BCUT2D eigenvalue weighted by Gasteiger charge is 2.24. The summed E-state index contributed by atoms with van der Waals surface area (Å²) in [7, 11) is 0. The Kier molecular flexibility index (Phi) is 4.56. The molecule has 0 atom stereocenters. The van der Waals surface area contributed by atoms with Gasteiger partial charge in [-0.05, 0) is 18.1 Å². The summed E-state index contributed by atoms with van der Waals surface area (Å²) in [5.41, 5.74) is -2.40. The lowest BCUT2D eigenvalue weighted by molar-refractivity contribution is -0.387. The van der Waals surface area contributed by atoms with E-state index >= 15 is 0 Å². The van der Waals surface area contributed by atoms with E-state index in [0.717, 1.165) is 15.3 Å². The summed E-state index contributed by atoms with van der Waals surface area (Å²) < 4.78 is 2.08. The van der Waals surface area contributed by atoms with Crippen LogP contribution in [0.2, 0.25) is 0 Å². The van der Waals surface area contributed by atoms with Crippen LogP contribution in [0.1, 0.15) is 20.8 Å². The second-order valence-corrected chi connectivity index (χ2v) is 5.37. The van der Waals surface area contributed by atoms with Gasteiger partial charge in [-0.3, -0.25) is 24.0 Å². The first-order chi connectivity index (χ1) is 8.73. The van der Waals surface area contributed by atoms with Crippen LogP contribution in [0.3, 0.4) is 0 Å². The summed E-state index contributed by atoms with van der Waals surface area (Å²) in [6, 6.07) is 0. The van der Waals surface area contributed by atoms with Gasteiger partial charge in [0.2, 0.25) is 0 Å². The fraction of sp³-hybridized carbons (Fsp3) is 0.636. The maximum Gasteiger partial charge on any atom is 0.350 e. The standard InChI is InChI=1S/C11H17N3O4S/c1-4-12-5-8(14(17)18)9(15)13(10(12)16)6-11(2,3)7-19/h5,19H,4,6-7H2,1-3H3. The van der Waals surface area contributed by atoms with E-state index in [2.05, 4.69) is 12.6 Å². The van der Waals surface area contributed by atoms with Gasteiger partial charge in [0.25, 0.3) is 0 Å². The van der Waals surface area contributed by atoms with Gasteiger partial charge in [-0.1, -0.05) is 13.8 Å². The summed E-state index contributed by atoms with van der Waals surface area (Å²) in [5.74, 6) is 0.452. The Morgan fingerprint density at radius 1 is 1.42 bits per heavy atom. The maximum atomic E-state index is 12.1. The van der Waals surface area contributed by atoms with Crippen LogP contribution in [0.15, 0.2) is 15.8 Å². The van der Waals surface area contributed by atoms with Crippen molar-refractivity contribution in [2.24, 2.45) is 5.41 Å². The number of rotatable bonds is 5. The summed E-state index contributed by atoms with van der Waals surface area (Å²) in [6.07, 6.45) is 0.995. The molecule has 19 heavy (non-hydrogen) atoms. The van der Waals surface area contributed by atoms with Gasteiger partial charge in [-0.2, -0.15) is 12.6 Å². The minimum Gasteiger partial charge on any atom is -0.294 e. The molecule has 1 heterocycles. The van der Waals surface area contributed by atoms with Crippen molar-refractivity contribution >= 4 is 18.3 Å². The molecular weight excluding hydrogens is 270 g/mol. The molecule has 0 fully saturated rings. The number of nitrogens with zero attached hydrogens (tertiary/aromatic N) is 3. The Labute approximate surface area is 115 Å². The third kappa shape index (κ3) is 3.25. The smallest absolute Gasteiger partial charge is 0.294 e. The maximum absolute atomic E-state index is 12.1. The molecule has 0 radical (unpaired) electrons. The van der Waals surface area contributed by atoms with Crippen LogP contribution in [0.25, 0.3) is 0 Å². The molecule has 7 nitrogen and oxygen atoms in total. The molecule has 0 aliphatic rings. The van der Waals surface area contributed by atoms with Crippen LogP contribution in [0, 0.1) is 15.5 Å². The molecule has 0 aliphatic carbocycles. The molecule has 0 N–H and O–H groups in total. The van der Waals surface area contributed by atoms with Crippen molar-refractivity contribution < 1.29 is 4.92 Å². The number of hydrogen-bond donors (Lipinski definition) is 1. The first-order valence-corrected chi connectivity index (χ1v) is 6.46. The molecule has 1 aromatic heterocycles. The van der Waals surface area contributed by atoms with Gasteiger partial charge in [0, 0.05) is 13.1 Å². The van der Waals surface area contributed by atoms with E-state index in [1.807, 2.05) is 13.8 Å². The summed E-state index contributed by atoms with van der Waals surface area (Å²) >= 11 is 4.16. The van der Waals surface area contributed by atoms with E-state index in [0.29, 0.717) is 5.75 Å². The Morgan fingerprint density at radius 3 is 2.42 bits per heavy atom. The minimum atomic E-state index is -0.866. The summed E-state index contributed by atoms with van der Waals surface area (Å²) in [4.78, 5) is 34.1. The lowest BCUT2D eigenvalue weighted by Gasteiger charge is -2.22. The minimum absolute atomic E-state index is 0.0931. The molecule has 0 amide bonds. The van der Waals surface area contributed by atoms with Gasteiger partial charge < -0.3 is 0 Å². The highest BCUT2D eigenvalue weighted by Crippen LogP contribution is 2.18. The van der Waals surface area contributed by atoms with E-state index < -0.39 is 27.3 Å². The van der Waals surface area contributed by atoms with Gasteiger partial charge in [0.15, 0.2) is 0 Å². The van der Waals surface area contributed by atoms with Crippen LogP contribution < -0.4 is 11.2 Å². The topological polar surface area (TPSA) is 87.1 Å². The number of aryl methyl sites for hydroxylation is 1. The predicted octanol–water partition coefficient (Wildman–Crippen LogP) is 0.894. The van der Waals surface area contributed by atoms with Crippen LogP contribution in [-0.4, -0.2) is 19.8 Å². The zero-order valence-corrected chi connectivity index (χ0v) is 12.0. The van der Waals surface area contributed by atoms with Crippen molar-refractivity contribution in [1.29, 1.82) is 0 Å². The van der Waals surface area contributed by atoms with Crippen molar-refractivity contribution in [3.05, 3.63) is 37.1 Å². The van der Waals surface area contributed by atoms with Gasteiger partial charge in [-0.25, -0.2) is 4.79 Å². The van der Waals surface area contributed by atoms with Gasteiger partial charge in [0.1, 0.15) is 0 Å². The Hall–Kier alpha value is -1.57. The number of hydrogen-bond acceptors (Lipinski definition) is 5. The Morgan fingerprint density at radius 2 is 2.00 bits per heavy atom. The normalized spacial score (nSPS) is 11.6. The third-order valence-corrected chi connectivity index (χ3v) is 3.63. The molecule has 0 spiro atoms.